The van der Waals surface area contributed by atoms with Crippen molar-refractivity contribution in [1.29, 1.82) is 0 Å². The number of aliphatic hydroxyl groups is 2. The van der Waals surface area contributed by atoms with E-state index in [2.05, 4.69) is 11.7 Å². The molecule has 0 amide bonds. The van der Waals surface area contributed by atoms with Crippen LogP contribution in [0.3, 0.4) is 0 Å². The Morgan fingerprint density at radius 1 is 0.714 bits per heavy atom. The van der Waals surface area contributed by atoms with E-state index in [1.165, 1.54) is 71.1 Å². The van der Waals surface area contributed by atoms with Gasteiger partial charge in [-0.15, -0.1) is 0 Å². The number of hydrogen-bond donors (Lipinski definition) is 2. The maximum atomic E-state index is 11.6. The van der Waals surface area contributed by atoms with Gasteiger partial charge in [0.15, 0.2) is 0 Å². The van der Waals surface area contributed by atoms with Crippen LogP contribution in [0.25, 0.3) is 0 Å². The van der Waals surface area contributed by atoms with Gasteiger partial charge in [-0.2, -0.15) is 0 Å². The molecule has 6 heteroatoms. The van der Waals surface area contributed by atoms with E-state index in [-0.39, 0.29) is 19.2 Å². The highest BCUT2D eigenvalue weighted by molar-refractivity contribution is 5.73. The molecule has 6 nitrogen and oxygen atoms in total. The first-order chi connectivity index (χ1) is 13.5. The normalized spacial score (nSPS) is 13.1. The van der Waals surface area contributed by atoms with Crippen molar-refractivity contribution in [3.05, 3.63) is 0 Å². The summed E-state index contributed by atoms with van der Waals surface area (Å²) in [5, 5.41) is 18.5. The second kappa shape index (κ2) is 19.2. The summed E-state index contributed by atoms with van der Waals surface area (Å²) >= 11 is 0. The van der Waals surface area contributed by atoms with E-state index in [1.807, 2.05) is 0 Å². The van der Waals surface area contributed by atoms with Crippen molar-refractivity contribution in [1.82, 2.24) is 0 Å². The van der Waals surface area contributed by atoms with E-state index in [4.69, 9.17) is 9.84 Å². The molecule has 0 heterocycles. The lowest BCUT2D eigenvalue weighted by Gasteiger charge is -2.12. The SMILES string of the molecule is CCCCCCCCCCCCCCCC(=O)OCC(O)COC(=O)[C@H](C)O. The molecule has 166 valence electrons. The number of ether oxygens (including phenoxy) is 2. The average Bonchev–Trinajstić information content (AvgIpc) is 2.67. The van der Waals surface area contributed by atoms with Crippen molar-refractivity contribution in [2.24, 2.45) is 0 Å². The molecule has 0 bridgehead atoms. The lowest BCUT2D eigenvalue weighted by atomic mass is 10.0. The van der Waals surface area contributed by atoms with Crippen LogP contribution in [0.5, 0.6) is 0 Å². The van der Waals surface area contributed by atoms with E-state index in [0.29, 0.717) is 6.42 Å². The van der Waals surface area contributed by atoms with Crippen molar-refractivity contribution in [2.45, 2.75) is 116 Å². The Labute approximate surface area is 171 Å². The van der Waals surface area contributed by atoms with E-state index in [1.54, 1.807) is 0 Å². The van der Waals surface area contributed by atoms with E-state index >= 15 is 0 Å². The summed E-state index contributed by atoms with van der Waals surface area (Å²) in [4.78, 5) is 22.7. The maximum absolute atomic E-state index is 11.6. The summed E-state index contributed by atoms with van der Waals surface area (Å²) in [5.74, 6) is -1.15. The average molecular weight is 403 g/mol. The molecule has 28 heavy (non-hydrogen) atoms. The molecule has 1 unspecified atom stereocenters. The largest absolute Gasteiger partial charge is 0.463 e. The fourth-order valence-corrected chi connectivity index (χ4v) is 2.90. The van der Waals surface area contributed by atoms with Gasteiger partial charge in [0.05, 0.1) is 0 Å². The van der Waals surface area contributed by atoms with Gasteiger partial charge in [0.1, 0.15) is 25.4 Å². The smallest absolute Gasteiger partial charge is 0.334 e. The van der Waals surface area contributed by atoms with Crippen molar-refractivity contribution in [3.8, 4) is 0 Å². The van der Waals surface area contributed by atoms with Gasteiger partial charge in [-0.05, 0) is 13.3 Å². The van der Waals surface area contributed by atoms with E-state index in [9.17, 15) is 14.7 Å². The number of unbranched alkanes of at least 4 members (excludes halogenated alkanes) is 12. The van der Waals surface area contributed by atoms with Crippen molar-refractivity contribution in [2.75, 3.05) is 13.2 Å². The molecule has 0 fully saturated rings. The van der Waals surface area contributed by atoms with Crippen LogP contribution in [0.15, 0.2) is 0 Å². The van der Waals surface area contributed by atoms with Gasteiger partial charge in [-0.1, -0.05) is 84.0 Å². The number of hydrogen-bond acceptors (Lipinski definition) is 6. The summed E-state index contributed by atoms with van der Waals surface area (Å²) < 4.78 is 9.61. The number of carbonyl (C=O) groups is 2. The van der Waals surface area contributed by atoms with Gasteiger partial charge >= 0.3 is 11.9 Å². The van der Waals surface area contributed by atoms with Crippen LogP contribution in [-0.2, 0) is 19.1 Å². The third-order valence-corrected chi connectivity index (χ3v) is 4.68. The Balaban J connectivity index is 3.36. The molecule has 0 aliphatic carbocycles. The first-order valence-corrected chi connectivity index (χ1v) is 11.2. The zero-order valence-corrected chi connectivity index (χ0v) is 18.0. The molecule has 0 saturated carbocycles. The monoisotopic (exact) mass is 402 g/mol. The van der Waals surface area contributed by atoms with Crippen LogP contribution in [-0.4, -0.2) is 47.6 Å². The lowest BCUT2D eigenvalue weighted by molar-refractivity contribution is -0.158. The minimum atomic E-state index is -1.23. The Bertz CT molecular complexity index is 383. The summed E-state index contributed by atoms with van der Waals surface area (Å²) in [6.07, 6.45) is 14.3. The zero-order chi connectivity index (χ0) is 21.0. The number of esters is 2. The van der Waals surface area contributed by atoms with Crippen LogP contribution in [0, 0.1) is 0 Å². The molecular formula is C22H42O6. The molecule has 0 aromatic rings. The standard InChI is InChI=1S/C22H42O6/c1-3-4-5-6-7-8-9-10-11-12-13-14-15-16-21(25)27-17-20(24)18-28-22(26)19(2)23/h19-20,23-24H,3-18H2,1-2H3/t19-,20?/m0/s1. The Kier molecular flexibility index (Phi) is 18.4. The third-order valence-electron chi connectivity index (χ3n) is 4.68. The topological polar surface area (TPSA) is 93.1 Å². The van der Waals surface area contributed by atoms with Gasteiger partial charge in [0.2, 0.25) is 0 Å². The molecule has 0 aromatic carbocycles. The zero-order valence-electron chi connectivity index (χ0n) is 18.0. The molecule has 0 aliphatic heterocycles. The van der Waals surface area contributed by atoms with Gasteiger partial charge in [0, 0.05) is 6.42 Å². The van der Waals surface area contributed by atoms with Crippen LogP contribution < -0.4 is 0 Å². The van der Waals surface area contributed by atoms with Crippen LogP contribution in [0.4, 0.5) is 0 Å². The molecule has 0 radical (unpaired) electrons. The quantitative estimate of drug-likeness (QED) is 0.247. The van der Waals surface area contributed by atoms with E-state index < -0.39 is 18.2 Å². The predicted octanol–water partition coefficient (Wildman–Crippen LogP) is 4.30. The first kappa shape index (κ1) is 26.9. The Morgan fingerprint density at radius 2 is 1.14 bits per heavy atom. The number of rotatable bonds is 19. The molecule has 2 N–H and O–H groups in total. The van der Waals surface area contributed by atoms with E-state index in [0.717, 1.165) is 19.3 Å². The fourth-order valence-electron chi connectivity index (χ4n) is 2.90. The van der Waals surface area contributed by atoms with Crippen molar-refractivity contribution in [3.63, 3.8) is 0 Å². The summed E-state index contributed by atoms with van der Waals surface area (Å²) in [6, 6.07) is 0. The fraction of sp³-hybridized carbons (Fsp3) is 0.909. The highest BCUT2D eigenvalue weighted by Gasteiger charge is 2.14. The highest BCUT2D eigenvalue weighted by Crippen LogP contribution is 2.13. The molecule has 0 rings (SSSR count). The van der Waals surface area contributed by atoms with Gasteiger partial charge in [0.25, 0.3) is 0 Å². The van der Waals surface area contributed by atoms with Crippen LogP contribution in [0.2, 0.25) is 0 Å². The molecule has 0 saturated heterocycles. The third kappa shape index (κ3) is 18.2. The second-order valence-corrected chi connectivity index (χ2v) is 7.64. The first-order valence-electron chi connectivity index (χ1n) is 11.2. The molecule has 0 aliphatic rings. The van der Waals surface area contributed by atoms with Crippen molar-refractivity contribution < 1.29 is 29.3 Å². The molecule has 0 aromatic heterocycles. The minimum Gasteiger partial charge on any atom is -0.463 e. The molecule has 2 atom stereocenters. The summed E-state index contributed by atoms with van der Waals surface area (Å²) in [5.41, 5.74) is 0. The molecule has 0 spiro atoms. The predicted molar refractivity (Wildman–Crippen MR) is 110 cm³/mol. The summed E-state index contributed by atoms with van der Waals surface area (Å²) in [6.45, 7) is 3.03. The Hall–Kier alpha value is -1.14. The molecular weight excluding hydrogens is 360 g/mol. The van der Waals surface area contributed by atoms with Gasteiger partial charge in [-0.25, -0.2) is 4.79 Å². The van der Waals surface area contributed by atoms with Crippen LogP contribution >= 0.6 is 0 Å². The number of aliphatic hydroxyl groups excluding tert-OH is 2. The number of carbonyl (C=O) groups excluding carboxylic acids is 2. The van der Waals surface area contributed by atoms with Gasteiger partial charge in [-0.3, -0.25) is 4.79 Å². The lowest BCUT2D eigenvalue weighted by Crippen LogP contribution is -2.28. The highest BCUT2D eigenvalue weighted by atomic mass is 16.6. The minimum absolute atomic E-state index is 0.204. The van der Waals surface area contributed by atoms with Crippen LogP contribution in [0.1, 0.15) is 104 Å². The van der Waals surface area contributed by atoms with Crippen molar-refractivity contribution >= 4 is 11.9 Å². The van der Waals surface area contributed by atoms with Gasteiger partial charge < -0.3 is 19.7 Å². The Morgan fingerprint density at radius 3 is 1.61 bits per heavy atom. The maximum Gasteiger partial charge on any atom is 0.334 e. The second-order valence-electron chi connectivity index (χ2n) is 7.64. The summed E-state index contributed by atoms with van der Waals surface area (Å²) in [7, 11) is 0.